The molecule has 11 heteroatoms. The summed E-state index contributed by atoms with van der Waals surface area (Å²) >= 11 is 0. The Morgan fingerprint density at radius 3 is 2.67 bits per heavy atom. The molecule has 2 fully saturated rings. The predicted molar refractivity (Wildman–Crippen MR) is 108 cm³/mol. The van der Waals surface area contributed by atoms with E-state index >= 15 is 0 Å². The molecule has 0 bridgehead atoms. The summed E-state index contributed by atoms with van der Waals surface area (Å²) in [7, 11) is 1.26. The lowest BCUT2D eigenvalue weighted by atomic mass is 9.99. The van der Waals surface area contributed by atoms with Crippen molar-refractivity contribution in [2.24, 2.45) is 0 Å². The summed E-state index contributed by atoms with van der Waals surface area (Å²) in [6, 6.07) is 4.81. The van der Waals surface area contributed by atoms with Crippen LogP contribution in [0, 0.1) is 11.6 Å². The van der Waals surface area contributed by atoms with Crippen molar-refractivity contribution in [3.05, 3.63) is 59.7 Å². The average Bonchev–Trinajstić information content (AvgIpc) is 3.44. The van der Waals surface area contributed by atoms with Gasteiger partial charge in [0.1, 0.15) is 36.4 Å². The third-order valence-electron chi connectivity index (χ3n) is 5.82. The van der Waals surface area contributed by atoms with Crippen LogP contribution in [-0.4, -0.2) is 56.8 Å². The van der Waals surface area contributed by atoms with Crippen LogP contribution in [0.3, 0.4) is 0 Å². The average molecular weight is 461 g/mol. The molecule has 4 heterocycles. The number of fused-ring (bicyclic) bond motifs is 2. The maximum Gasteiger partial charge on any atom is 0.357 e. The normalized spacial score (nSPS) is 27.0. The van der Waals surface area contributed by atoms with Gasteiger partial charge >= 0.3 is 5.97 Å². The van der Waals surface area contributed by atoms with Gasteiger partial charge in [-0.25, -0.2) is 23.5 Å². The first-order valence-corrected chi connectivity index (χ1v) is 10.2. The Labute approximate surface area is 186 Å². The van der Waals surface area contributed by atoms with Crippen molar-refractivity contribution in [1.82, 2.24) is 14.5 Å². The van der Waals surface area contributed by atoms with Gasteiger partial charge in [0.25, 0.3) is 0 Å². The Bertz CT molecular complexity index is 1230. The zero-order valence-corrected chi connectivity index (χ0v) is 17.9. The number of aliphatic hydroxyl groups excluding tert-OH is 1. The number of methoxy groups -OCH3 is 1. The molecule has 174 valence electrons. The van der Waals surface area contributed by atoms with Crippen LogP contribution in [0.15, 0.2) is 36.8 Å². The molecule has 1 aromatic carbocycles. The molecule has 0 unspecified atom stereocenters. The quantitative estimate of drug-likeness (QED) is 0.592. The fraction of sp³-hybridized carbons (Fsp3) is 0.409. The van der Waals surface area contributed by atoms with E-state index in [9.17, 15) is 18.7 Å². The summed E-state index contributed by atoms with van der Waals surface area (Å²) in [4.78, 5) is 20.4. The Hall–Kier alpha value is -2.99. The van der Waals surface area contributed by atoms with Gasteiger partial charge in [-0.3, -0.25) is 0 Å². The highest BCUT2D eigenvalue weighted by Crippen LogP contribution is 2.47. The Balaban J connectivity index is 1.54. The lowest BCUT2D eigenvalue weighted by Gasteiger charge is -2.27. The van der Waals surface area contributed by atoms with Crippen LogP contribution in [0.1, 0.15) is 42.2 Å². The fourth-order valence-electron chi connectivity index (χ4n) is 4.41. The predicted octanol–water partition coefficient (Wildman–Crippen LogP) is 2.65. The minimum Gasteiger partial charge on any atom is -0.464 e. The number of carbonyl (C=O) groups is 1. The number of carbonyl (C=O) groups excluding carboxylic acids is 1. The summed E-state index contributed by atoms with van der Waals surface area (Å²) in [6.07, 6.45) is -1.54. The van der Waals surface area contributed by atoms with Gasteiger partial charge in [-0.05, 0) is 37.6 Å². The van der Waals surface area contributed by atoms with Crippen LogP contribution < -0.4 is 0 Å². The molecule has 5 rings (SSSR count). The number of nitrogens with zero attached hydrogens (tertiary/aromatic N) is 3. The van der Waals surface area contributed by atoms with E-state index < -0.39 is 54.0 Å². The van der Waals surface area contributed by atoms with Crippen LogP contribution in [0.25, 0.3) is 11.0 Å². The second-order valence-electron chi connectivity index (χ2n) is 8.35. The number of hydrogen-bond acceptors (Lipinski definition) is 8. The summed E-state index contributed by atoms with van der Waals surface area (Å²) in [6.45, 7) is 3.46. The van der Waals surface area contributed by atoms with E-state index in [1.807, 2.05) is 0 Å². The maximum absolute atomic E-state index is 13.8. The van der Waals surface area contributed by atoms with E-state index in [2.05, 4.69) is 9.97 Å². The molecule has 0 saturated carbocycles. The third-order valence-corrected chi connectivity index (χ3v) is 5.82. The summed E-state index contributed by atoms with van der Waals surface area (Å²) in [5.74, 6) is -3.68. The van der Waals surface area contributed by atoms with Crippen LogP contribution in [-0.2, 0) is 18.9 Å². The van der Waals surface area contributed by atoms with Gasteiger partial charge in [-0.1, -0.05) is 6.07 Å². The van der Waals surface area contributed by atoms with Gasteiger partial charge in [0.05, 0.1) is 12.5 Å². The minimum atomic E-state index is -1.32. The molecule has 0 aliphatic carbocycles. The minimum absolute atomic E-state index is 0.0955. The molecule has 0 amide bonds. The van der Waals surface area contributed by atoms with Crippen molar-refractivity contribution >= 4 is 17.0 Å². The van der Waals surface area contributed by atoms with Crippen LogP contribution in [0.4, 0.5) is 8.78 Å². The van der Waals surface area contributed by atoms with Crippen molar-refractivity contribution in [3.63, 3.8) is 0 Å². The van der Waals surface area contributed by atoms with E-state index in [1.54, 1.807) is 30.7 Å². The molecule has 9 nitrogen and oxygen atoms in total. The standard InChI is InChI=1S/C22H21F2N3O6/c1-22(2)32-17-16(15(28)10-4-5-12(23)13(24)8-10)31-20(18(17)33-22)27-7-6-11-14(21(29)30-3)25-9-26-19(11)27/h4-9,15-18,20,28H,1-3H3/t15-,16-,17-,18-,20-/m1/s1. The Morgan fingerprint density at radius 1 is 1.18 bits per heavy atom. The third kappa shape index (κ3) is 3.57. The van der Waals surface area contributed by atoms with Gasteiger partial charge < -0.3 is 28.6 Å². The van der Waals surface area contributed by atoms with Gasteiger partial charge in [-0.15, -0.1) is 0 Å². The molecule has 5 atom stereocenters. The number of aromatic nitrogens is 3. The second-order valence-corrected chi connectivity index (χ2v) is 8.35. The highest BCUT2D eigenvalue weighted by Gasteiger charge is 2.58. The smallest absolute Gasteiger partial charge is 0.357 e. The molecule has 3 aromatic rings. The van der Waals surface area contributed by atoms with Gasteiger partial charge in [0, 0.05) is 6.20 Å². The number of aliphatic hydroxyl groups is 1. The lowest BCUT2D eigenvalue weighted by molar-refractivity contribution is -0.207. The summed E-state index contributed by atoms with van der Waals surface area (Å²) in [5, 5.41) is 11.4. The van der Waals surface area contributed by atoms with Crippen molar-refractivity contribution in [3.8, 4) is 0 Å². The molecule has 2 aromatic heterocycles. The van der Waals surface area contributed by atoms with E-state index in [0.29, 0.717) is 11.0 Å². The van der Waals surface area contributed by atoms with E-state index in [0.717, 1.165) is 12.1 Å². The number of hydrogen-bond donors (Lipinski definition) is 1. The topological polar surface area (TPSA) is 105 Å². The molecule has 2 aliphatic rings. The molecular weight excluding hydrogens is 440 g/mol. The van der Waals surface area contributed by atoms with E-state index in [1.165, 1.54) is 19.5 Å². The van der Waals surface area contributed by atoms with Gasteiger partial charge in [0.2, 0.25) is 0 Å². The lowest BCUT2D eigenvalue weighted by Crippen LogP contribution is -2.34. The van der Waals surface area contributed by atoms with Crippen LogP contribution >= 0.6 is 0 Å². The van der Waals surface area contributed by atoms with Gasteiger partial charge in [0.15, 0.2) is 29.3 Å². The van der Waals surface area contributed by atoms with Crippen molar-refractivity contribution < 1.29 is 37.6 Å². The van der Waals surface area contributed by atoms with Crippen molar-refractivity contribution in [1.29, 1.82) is 0 Å². The molecule has 2 aliphatic heterocycles. The monoisotopic (exact) mass is 461 g/mol. The Morgan fingerprint density at radius 2 is 1.94 bits per heavy atom. The first kappa shape index (κ1) is 21.8. The second kappa shape index (κ2) is 7.80. The summed E-state index contributed by atoms with van der Waals surface area (Å²) < 4.78 is 51.8. The van der Waals surface area contributed by atoms with Gasteiger partial charge in [-0.2, -0.15) is 0 Å². The molecule has 0 radical (unpaired) electrons. The largest absolute Gasteiger partial charge is 0.464 e. The number of rotatable bonds is 4. The van der Waals surface area contributed by atoms with E-state index in [4.69, 9.17) is 18.9 Å². The zero-order chi connectivity index (χ0) is 23.5. The number of ether oxygens (including phenoxy) is 4. The van der Waals surface area contributed by atoms with Crippen LogP contribution in [0.2, 0.25) is 0 Å². The first-order chi connectivity index (χ1) is 15.7. The molecular formula is C22H21F2N3O6. The Kier molecular flexibility index (Phi) is 5.16. The first-order valence-electron chi connectivity index (χ1n) is 10.2. The maximum atomic E-state index is 13.8. The van der Waals surface area contributed by atoms with Crippen molar-refractivity contribution in [2.75, 3.05) is 7.11 Å². The van der Waals surface area contributed by atoms with E-state index in [-0.39, 0.29) is 11.3 Å². The fourth-order valence-corrected chi connectivity index (χ4v) is 4.41. The zero-order valence-electron chi connectivity index (χ0n) is 17.9. The number of halogens is 2. The highest BCUT2D eigenvalue weighted by atomic mass is 19.2. The number of benzene rings is 1. The van der Waals surface area contributed by atoms with Crippen LogP contribution in [0.5, 0.6) is 0 Å². The number of esters is 1. The summed E-state index contributed by atoms with van der Waals surface area (Å²) in [5.41, 5.74) is 0.628. The molecule has 1 N–H and O–H groups in total. The molecule has 2 saturated heterocycles. The molecule has 33 heavy (non-hydrogen) atoms. The van der Waals surface area contributed by atoms with Crippen molar-refractivity contribution in [2.45, 2.75) is 50.3 Å². The SMILES string of the molecule is COC(=O)c1ncnc2c1ccn2[C@@H]1O[C@H]([C@H](O)c2ccc(F)c(F)c2)[C@H]2OC(C)(C)O[C@H]21. The molecule has 0 spiro atoms. The highest BCUT2D eigenvalue weighted by molar-refractivity contribution is 6.00.